The molecule has 45 heavy (non-hydrogen) atoms. The van der Waals surface area contributed by atoms with Gasteiger partial charge in [0, 0.05) is 6.04 Å². The zero-order valence-corrected chi connectivity index (χ0v) is 25.0. The summed E-state index contributed by atoms with van der Waals surface area (Å²) in [6.45, 7) is 7.24. The second kappa shape index (κ2) is 14.1. The number of rotatable bonds is 11. The summed E-state index contributed by atoms with van der Waals surface area (Å²) in [6, 6.07) is 26.5. The summed E-state index contributed by atoms with van der Waals surface area (Å²) in [7, 11) is -3.79. The fourth-order valence-electron chi connectivity index (χ4n) is 5.11. The van der Waals surface area contributed by atoms with E-state index >= 15 is 0 Å². The Balaban J connectivity index is 1.08. The van der Waals surface area contributed by atoms with Gasteiger partial charge in [-0.05, 0) is 79.8 Å². The number of nitrogens with one attached hydrogen (secondary N) is 2. The lowest BCUT2D eigenvalue weighted by atomic mass is 9.94. The van der Waals surface area contributed by atoms with Crippen molar-refractivity contribution in [2.75, 3.05) is 5.32 Å². The number of nitrogens with zero attached hydrogens (tertiary/aromatic N) is 1. The van der Waals surface area contributed by atoms with Crippen LogP contribution in [0.4, 0.5) is 11.4 Å². The first-order valence-electron chi connectivity index (χ1n) is 14.3. The Morgan fingerprint density at radius 3 is 2.09 bits per heavy atom. The molecule has 0 unspecified atom stereocenters. The number of benzene rings is 4. The van der Waals surface area contributed by atoms with Gasteiger partial charge >= 0.3 is 5.97 Å². The highest BCUT2D eigenvalue weighted by molar-refractivity contribution is 7.89. The van der Waals surface area contributed by atoms with E-state index in [2.05, 4.69) is 14.9 Å². The monoisotopic (exact) mass is 625 g/mol. The normalized spacial score (nSPS) is 16.2. The number of anilines is 1. The van der Waals surface area contributed by atoms with Crippen molar-refractivity contribution in [1.82, 2.24) is 4.72 Å². The summed E-state index contributed by atoms with van der Waals surface area (Å²) in [5, 5.41) is 11.9. The third-order valence-electron chi connectivity index (χ3n) is 7.35. The second-order valence-electron chi connectivity index (χ2n) is 10.6. The predicted octanol–water partition coefficient (Wildman–Crippen LogP) is 6.58. The summed E-state index contributed by atoms with van der Waals surface area (Å²) in [5.74, 6) is 0.437. The van der Waals surface area contributed by atoms with Crippen molar-refractivity contribution in [3.05, 3.63) is 120 Å². The Kier molecular flexibility index (Phi) is 9.77. The van der Waals surface area contributed by atoms with Gasteiger partial charge in [0.1, 0.15) is 17.2 Å². The van der Waals surface area contributed by atoms with Gasteiger partial charge in [-0.15, -0.1) is 0 Å². The van der Waals surface area contributed by atoms with Gasteiger partial charge in [-0.3, -0.25) is 4.79 Å². The number of sulfonamides is 1. The quantitative estimate of drug-likeness (QED) is 0.160. The van der Waals surface area contributed by atoms with Crippen LogP contribution in [-0.2, 0) is 21.2 Å². The fourth-order valence-corrected chi connectivity index (χ4v) is 6.55. The van der Waals surface area contributed by atoms with Crippen LogP contribution in [-0.4, -0.2) is 37.5 Å². The minimum absolute atomic E-state index is 0.000446. The van der Waals surface area contributed by atoms with Gasteiger partial charge in [-0.1, -0.05) is 48.5 Å². The molecule has 3 N–H and O–H groups in total. The van der Waals surface area contributed by atoms with Crippen LogP contribution in [0, 0.1) is 6.57 Å². The van der Waals surface area contributed by atoms with Crippen LogP contribution in [0.15, 0.2) is 102 Å². The predicted molar refractivity (Wildman–Crippen MR) is 168 cm³/mol. The van der Waals surface area contributed by atoms with Crippen molar-refractivity contribution in [3.63, 3.8) is 0 Å². The van der Waals surface area contributed by atoms with E-state index in [-0.39, 0.29) is 46.3 Å². The summed E-state index contributed by atoms with van der Waals surface area (Å²) in [6.07, 6.45) is 2.65. The minimum Gasteiger partial charge on any atom is -0.490 e. The second-order valence-corrected chi connectivity index (χ2v) is 12.3. The van der Waals surface area contributed by atoms with Crippen LogP contribution < -0.4 is 19.5 Å². The molecule has 0 bridgehead atoms. The number of carbonyl (C=O) groups excluding carboxylic acids is 1. The molecule has 1 amide bonds. The van der Waals surface area contributed by atoms with Crippen molar-refractivity contribution in [3.8, 4) is 17.2 Å². The third kappa shape index (κ3) is 8.26. The van der Waals surface area contributed by atoms with Crippen molar-refractivity contribution in [2.45, 2.75) is 49.1 Å². The first-order chi connectivity index (χ1) is 21.7. The molecular weight excluding hydrogens is 594 g/mol. The number of hydrogen-bond acceptors (Lipinski definition) is 6. The molecule has 10 nitrogen and oxygen atoms in total. The van der Waals surface area contributed by atoms with E-state index in [1.807, 2.05) is 12.1 Å². The molecule has 0 atom stereocenters. The van der Waals surface area contributed by atoms with Crippen molar-refractivity contribution >= 4 is 33.3 Å². The Morgan fingerprint density at radius 2 is 1.42 bits per heavy atom. The van der Waals surface area contributed by atoms with Gasteiger partial charge in [0.25, 0.3) is 0 Å². The highest BCUT2D eigenvalue weighted by Gasteiger charge is 2.28. The van der Waals surface area contributed by atoms with Crippen LogP contribution in [0.1, 0.15) is 41.6 Å². The molecule has 0 aliphatic heterocycles. The summed E-state index contributed by atoms with van der Waals surface area (Å²) in [5.41, 5.74) is 1.12. The maximum absolute atomic E-state index is 12.8. The van der Waals surface area contributed by atoms with Crippen LogP contribution in [0.3, 0.4) is 0 Å². The molecule has 11 heteroatoms. The molecular formula is C34H31N3O7S. The number of amides is 1. The summed E-state index contributed by atoms with van der Waals surface area (Å²) >= 11 is 0. The lowest BCUT2D eigenvalue weighted by Crippen LogP contribution is -2.39. The highest BCUT2D eigenvalue weighted by atomic mass is 32.2. The Bertz CT molecular complexity index is 1810. The van der Waals surface area contributed by atoms with Crippen LogP contribution >= 0.6 is 0 Å². The number of hydrogen-bond donors (Lipinski definition) is 3. The molecule has 4 aromatic carbocycles. The molecule has 230 valence electrons. The Labute approximate surface area is 261 Å². The maximum Gasteiger partial charge on any atom is 0.337 e. The van der Waals surface area contributed by atoms with E-state index in [1.165, 1.54) is 18.2 Å². The topological polar surface area (TPSA) is 135 Å². The van der Waals surface area contributed by atoms with Gasteiger partial charge < -0.3 is 19.9 Å². The minimum atomic E-state index is -3.79. The molecule has 0 spiro atoms. The molecule has 1 aliphatic carbocycles. The van der Waals surface area contributed by atoms with Gasteiger partial charge in [0.2, 0.25) is 21.6 Å². The first-order valence-corrected chi connectivity index (χ1v) is 15.8. The lowest BCUT2D eigenvalue weighted by Gasteiger charge is -2.29. The molecule has 1 fully saturated rings. The molecule has 0 radical (unpaired) electrons. The highest BCUT2D eigenvalue weighted by Crippen LogP contribution is 2.29. The standard InChI is InChI=1S/C34H31N3O7S/c1-35-31-8-4-5-9-32(31)45(41,42)37-24-12-16-26(17-13-24)44-28-20-18-27(19-21-28)43-25-14-10-23(11-15-25)22-33(38)36-30-7-3-2-6-29(30)34(39)40/h2-11,14-15,18-21,24,26,37H,12-13,16-17,22H2,(H,36,38)(H,39,40). The SMILES string of the molecule is [C-]#[N+]c1ccccc1S(=O)(=O)NC1CCC(Oc2ccc(Oc3ccc(CC(=O)Nc4ccccc4C(=O)O)cc3)cc2)CC1. The van der Waals surface area contributed by atoms with Crippen LogP contribution in [0.5, 0.6) is 17.2 Å². The summed E-state index contributed by atoms with van der Waals surface area (Å²) in [4.78, 5) is 27.2. The largest absolute Gasteiger partial charge is 0.490 e. The zero-order valence-electron chi connectivity index (χ0n) is 24.2. The van der Waals surface area contributed by atoms with Gasteiger partial charge in [-0.25, -0.2) is 22.8 Å². The fraction of sp³-hybridized carbons (Fsp3) is 0.206. The molecule has 0 heterocycles. The smallest absolute Gasteiger partial charge is 0.337 e. The number of carboxylic acids is 1. The Hall–Kier alpha value is -5.18. The van der Waals surface area contributed by atoms with E-state index in [1.54, 1.807) is 66.7 Å². The third-order valence-corrected chi connectivity index (χ3v) is 8.92. The maximum atomic E-state index is 12.8. The van der Waals surface area contributed by atoms with Gasteiger partial charge in [-0.2, -0.15) is 0 Å². The van der Waals surface area contributed by atoms with Crippen molar-refractivity contribution in [2.24, 2.45) is 0 Å². The molecule has 0 saturated heterocycles. The van der Waals surface area contributed by atoms with Crippen molar-refractivity contribution in [1.29, 1.82) is 0 Å². The number of ether oxygens (including phenoxy) is 2. The summed E-state index contributed by atoms with van der Waals surface area (Å²) < 4.78 is 40.5. The molecule has 1 aliphatic rings. The average molecular weight is 626 g/mol. The van der Waals surface area contributed by atoms with E-state index in [4.69, 9.17) is 16.0 Å². The molecule has 5 rings (SSSR count). The van der Waals surface area contributed by atoms with Gasteiger partial charge in [0.15, 0.2) is 0 Å². The number of para-hydroxylation sites is 2. The number of aromatic carboxylic acids is 1. The average Bonchev–Trinajstić information content (AvgIpc) is 3.04. The number of carbonyl (C=O) groups is 2. The zero-order chi connectivity index (χ0) is 31.8. The van der Waals surface area contributed by atoms with Gasteiger partial charge in [0.05, 0.1) is 35.2 Å². The van der Waals surface area contributed by atoms with Crippen LogP contribution in [0.25, 0.3) is 4.85 Å². The van der Waals surface area contributed by atoms with E-state index < -0.39 is 16.0 Å². The number of carboxylic acid groups (broad SMARTS) is 1. The van der Waals surface area contributed by atoms with E-state index in [0.29, 0.717) is 42.9 Å². The lowest BCUT2D eigenvalue weighted by molar-refractivity contribution is -0.115. The Morgan fingerprint density at radius 1 is 0.822 bits per heavy atom. The first kappa shape index (κ1) is 31.3. The molecule has 4 aromatic rings. The van der Waals surface area contributed by atoms with E-state index in [9.17, 15) is 23.1 Å². The van der Waals surface area contributed by atoms with Crippen LogP contribution in [0.2, 0.25) is 0 Å². The van der Waals surface area contributed by atoms with Crippen molar-refractivity contribution < 1.29 is 32.6 Å². The van der Waals surface area contributed by atoms with E-state index in [0.717, 1.165) is 5.56 Å². The molecule has 0 aromatic heterocycles. The molecule has 1 saturated carbocycles.